The first-order valence-corrected chi connectivity index (χ1v) is 16.3. The number of fused-ring (bicyclic) bond motifs is 2. The molecule has 3 saturated heterocycles. The van der Waals surface area contributed by atoms with Crippen LogP contribution in [-0.4, -0.2) is 70.1 Å². The van der Waals surface area contributed by atoms with Crippen molar-refractivity contribution in [2.45, 2.75) is 127 Å². The molecule has 0 saturated carbocycles. The predicted molar refractivity (Wildman–Crippen MR) is 162 cm³/mol. The molecule has 7 nitrogen and oxygen atoms in total. The number of halogens is 1. The van der Waals surface area contributed by atoms with Crippen LogP contribution in [0, 0.1) is 23.7 Å². The molecule has 2 N–H and O–H groups in total. The van der Waals surface area contributed by atoms with Gasteiger partial charge in [0.05, 0.1) is 24.2 Å². The molecule has 1 aliphatic carbocycles. The SMILES string of the molecule is CCC(C)C1OC2(CCC1C)CC1CC(C/C=C(\C)C(Cl)C(C)/C=C/C=C3\COC4C(O)C(C)=CC(C(=O)O1)C34O)O2. The average Bonchev–Trinajstić information content (AvgIpc) is 3.30. The highest BCUT2D eigenvalue weighted by Gasteiger charge is 2.60. The van der Waals surface area contributed by atoms with Crippen molar-refractivity contribution in [3.63, 3.8) is 0 Å². The zero-order valence-electron chi connectivity index (χ0n) is 25.9. The highest BCUT2D eigenvalue weighted by atomic mass is 35.5. The summed E-state index contributed by atoms with van der Waals surface area (Å²) >= 11 is 6.89. The summed E-state index contributed by atoms with van der Waals surface area (Å²) in [6.07, 6.45) is 11.1. The van der Waals surface area contributed by atoms with E-state index in [2.05, 4.69) is 33.8 Å². The summed E-state index contributed by atoms with van der Waals surface area (Å²) in [4.78, 5) is 14.0. The van der Waals surface area contributed by atoms with Gasteiger partial charge in [-0.05, 0) is 55.6 Å². The molecule has 5 aliphatic rings. The summed E-state index contributed by atoms with van der Waals surface area (Å²) in [6.45, 7) is 12.6. The van der Waals surface area contributed by atoms with Gasteiger partial charge >= 0.3 is 5.97 Å². The quantitative estimate of drug-likeness (QED) is 0.234. The molecule has 0 aromatic carbocycles. The molecule has 0 radical (unpaired) electrons. The van der Waals surface area contributed by atoms with Crippen LogP contribution in [0.25, 0.3) is 0 Å². The van der Waals surface area contributed by atoms with Crippen molar-refractivity contribution in [3.8, 4) is 0 Å². The standard InChI is InChI=1S/C34H49ClO7/c1-7-19(2)30-22(5)13-14-33(42-30)17-26-16-25(41-33)12-11-21(4)28(35)20(3)9-8-10-24-18-39-31-29(36)23(6)15-27(32(37)40-26)34(24,31)38/h8-11,15,19-20,22,25-31,36,38H,7,12-14,16-18H2,1-6H3/b9-8+,21-11+,24-10+. The van der Waals surface area contributed by atoms with Crippen molar-refractivity contribution in [2.24, 2.45) is 23.7 Å². The number of alkyl halides is 1. The molecule has 12 unspecified atom stereocenters. The Labute approximate surface area is 256 Å². The fourth-order valence-electron chi connectivity index (χ4n) is 7.54. The van der Waals surface area contributed by atoms with E-state index in [1.54, 1.807) is 19.1 Å². The van der Waals surface area contributed by atoms with Crippen molar-refractivity contribution in [1.82, 2.24) is 0 Å². The highest BCUT2D eigenvalue weighted by molar-refractivity contribution is 6.22. The predicted octanol–water partition coefficient (Wildman–Crippen LogP) is 5.78. The number of aliphatic hydroxyl groups excluding tert-OH is 1. The number of carbonyl (C=O) groups is 1. The fourth-order valence-corrected chi connectivity index (χ4v) is 7.71. The van der Waals surface area contributed by atoms with E-state index in [0.717, 1.165) is 24.8 Å². The Balaban J connectivity index is 1.53. The van der Waals surface area contributed by atoms with E-state index in [1.807, 2.05) is 19.1 Å². The van der Waals surface area contributed by atoms with E-state index in [-0.39, 0.29) is 30.1 Å². The lowest BCUT2D eigenvalue weighted by atomic mass is 9.71. The minimum Gasteiger partial charge on any atom is -0.462 e. The zero-order chi connectivity index (χ0) is 30.4. The first kappa shape index (κ1) is 31.9. The van der Waals surface area contributed by atoms with Crippen LogP contribution in [0.5, 0.6) is 0 Å². The Kier molecular flexibility index (Phi) is 9.50. The molecule has 0 amide bonds. The monoisotopic (exact) mass is 604 g/mol. The van der Waals surface area contributed by atoms with Crippen LogP contribution in [-0.2, 0) is 23.7 Å². The summed E-state index contributed by atoms with van der Waals surface area (Å²) in [7, 11) is 0. The molecule has 234 valence electrons. The molecule has 12 atom stereocenters. The molecular formula is C34H49ClO7. The van der Waals surface area contributed by atoms with Crippen LogP contribution in [0.3, 0.4) is 0 Å². The maximum Gasteiger partial charge on any atom is 0.316 e. The van der Waals surface area contributed by atoms with Crippen LogP contribution in [0.2, 0.25) is 0 Å². The lowest BCUT2D eigenvalue weighted by Gasteiger charge is -2.51. The lowest BCUT2D eigenvalue weighted by molar-refractivity contribution is -0.340. The van der Waals surface area contributed by atoms with Gasteiger partial charge in [0.25, 0.3) is 0 Å². The largest absolute Gasteiger partial charge is 0.462 e. The molecule has 0 aromatic heterocycles. The van der Waals surface area contributed by atoms with Crippen LogP contribution in [0.4, 0.5) is 0 Å². The van der Waals surface area contributed by atoms with Crippen LogP contribution >= 0.6 is 11.6 Å². The zero-order valence-corrected chi connectivity index (χ0v) is 26.7. The number of esters is 1. The van der Waals surface area contributed by atoms with Gasteiger partial charge in [-0.2, -0.15) is 0 Å². The maximum absolute atomic E-state index is 14.0. The van der Waals surface area contributed by atoms with Crippen LogP contribution < -0.4 is 0 Å². The summed E-state index contributed by atoms with van der Waals surface area (Å²) in [5, 5.41) is 22.8. The Hall–Kier alpha value is -1.48. The lowest BCUT2D eigenvalue weighted by Crippen LogP contribution is -2.58. The van der Waals surface area contributed by atoms with E-state index in [9.17, 15) is 15.0 Å². The summed E-state index contributed by atoms with van der Waals surface area (Å²) in [5.41, 5.74) is 0.449. The Bertz CT molecular complexity index is 1140. The minimum atomic E-state index is -1.72. The molecule has 4 aliphatic heterocycles. The second kappa shape index (κ2) is 12.5. The number of ether oxygens (including phenoxy) is 4. The van der Waals surface area contributed by atoms with Gasteiger partial charge in [0.15, 0.2) is 5.79 Å². The second-order valence-electron chi connectivity index (χ2n) is 13.5. The van der Waals surface area contributed by atoms with E-state index in [1.165, 1.54) is 0 Å². The number of hydrogen-bond acceptors (Lipinski definition) is 7. The van der Waals surface area contributed by atoms with Gasteiger partial charge < -0.3 is 29.2 Å². The molecule has 8 heteroatoms. The maximum atomic E-state index is 14.0. The summed E-state index contributed by atoms with van der Waals surface area (Å²) in [6, 6.07) is 0. The number of carbonyl (C=O) groups excluding carboxylic acids is 1. The smallest absolute Gasteiger partial charge is 0.316 e. The highest BCUT2D eigenvalue weighted by Crippen LogP contribution is 2.48. The number of allylic oxidation sites excluding steroid dienone is 4. The van der Waals surface area contributed by atoms with Crippen molar-refractivity contribution < 1.29 is 34.0 Å². The summed E-state index contributed by atoms with van der Waals surface area (Å²) in [5.74, 6) is -1.57. The van der Waals surface area contributed by atoms with Gasteiger partial charge in [-0.25, -0.2) is 0 Å². The molecule has 2 bridgehead atoms. The van der Waals surface area contributed by atoms with Gasteiger partial charge in [0.1, 0.15) is 29.8 Å². The molecule has 4 heterocycles. The third-order valence-corrected chi connectivity index (χ3v) is 11.2. The number of rotatable bonds is 2. The fraction of sp³-hybridized carbons (Fsp3) is 0.735. The molecule has 42 heavy (non-hydrogen) atoms. The van der Waals surface area contributed by atoms with Gasteiger partial charge in [0.2, 0.25) is 0 Å². The average molecular weight is 605 g/mol. The van der Waals surface area contributed by atoms with Gasteiger partial charge in [-0.1, -0.05) is 70.1 Å². The molecule has 0 aromatic rings. The van der Waals surface area contributed by atoms with E-state index in [4.69, 9.17) is 30.5 Å². The molecule has 5 rings (SSSR count). The normalized spacial score (nSPS) is 48.6. The first-order valence-electron chi connectivity index (χ1n) is 15.8. The van der Waals surface area contributed by atoms with E-state index in [0.29, 0.717) is 42.2 Å². The van der Waals surface area contributed by atoms with E-state index < -0.39 is 41.6 Å². The first-order chi connectivity index (χ1) is 19.9. The topological polar surface area (TPSA) is 94.5 Å². The van der Waals surface area contributed by atoms with Crippen molar-refractivity contribution in [1.29, 1.82) is 0 Å². The Morgan fingerprint density at radius 2 is 1.93 bits per heavy atom. The van der Waals surface area contributed by atoms with Gasteiger partial charge in [-0.15, -0.1) is 11.6 Å². The third-order valence-electron chi connectivity index (χ3n) is 10.4. The van der Waals surface area contributed by atoms with E-state index >= 15 is 0 Å². The third kappa shape index (κ3) is 5.94. The minimum absolute atomic E-state index is 0.0195. The Morgan fingerprint density at radius 1 is 1.17 bits per heavy atom. The van der Waals surface area contributed by atoms with Gasteiger partial charge in [-0.3, -0.25) is 4.79 Å². The second-order valence-corrected chi connectivity index (χ2v) is 14.0. The number of aliphatic hydroxyl groups is 2. The molecular weight excluding hydrogens is 556 g/mol. The summed E-state index contributed by atoms with van der Waals surface area (Å²) < 4.78 is 25.8. The molecule has 1 spiro atoms. The van der Waals surface area contributed by atoms with Crippen LogP contribution in [0.1, 0.15) is 80.1 Å². The Morgan fingerprint density at radius 3 is 2.67 bits per heavy atom. The van der Waals surface area contributed by atoms with Crippen LogP contribution in [0.15, 0.2) is 47.1 Å². The van der Waals surface area contributed by atoms with Gasteiger partial charge in [0, 0.05) is 19.3 Å². The van der Waals surface area contributed by atoms with Crippen molar-refractivity contribution in [3.05, 3.63) is 47.1 Å². The van der Waals surface area contributed by atoms with Crippen molar-refractivity contribution in [2.75, 3.05) is 6.61 Å². The molecule has 3 fully saturated rings. The number of hydrogen-bond donors (Lipinski definition) is 2. The van der Waals surface area contributed by atoms with Crippen molar-refractivity contribution >= 4 is 17.6 Å².